The highest BCUT2D eigenvalue weighted by molar-refractivity contribution is 6.00. The summed E-state index contributed by atoms with van der Waals surface area (Å²) in [6.45, 7) is 0. The highest BCUT2D eigenvalue weighted by Crippen LogP contribution is 2.34. The van der Waals surface area contributed by atoms with Gasteiger partial charge >= 0.3 is 5.97 Å². The molecule has 0 saturated carbocycles. The number of carbonyl (C=O) groups excluding carboxylic acids is 2. The SMILES string of the molecule is COC(=O)c1ccc(C(=O)C2CCCc3ccccc32)o1. The van der Waals surface area contributed by atoms with Crippen LogP contribution in [0.2, 0.25) is 0 Å². The molecule has 21 heavy (non-hydrogen) atoms. The fourth-order valence-electron chi connectivity index (χ4n) is 2.88. The molecule has 1 aromatic heterocycles. The molecule has 1 unspecified atom stereocenters. The van der Waals surface area contributed by atoms with Crippen molar-refractivity contribution in [2.45, 2.75) is 25.2 Å². The summed E-state index contributed by atoms with van der Waals surface area (Å²) < 4.78 is 9.93. The zero-order valence-electron chi connectivity index (χ0n) is 11.8. The molecule has 1 heterocycles. The number of benzene rings is 1. The van der Waals surface area contributed by atoms with Gasteiger partial charge < -0.3 is 9.15 Å². The first-order chi connectivity index (χ1) is 10.2. The van der Waals surface area contributed by atoms with Crippen molar-refractivity contribution in [3.05, 3.63) is 59.0 Å². The number of ether oxygens (including phenoxy) is 1. The second-order valence-electron chi connectivity index (χ2n) is 5.16. The predicted molar refractivity (Wildman–Crippen MR) is 76.5 cm³/mol. The zero-order chi connectivity index (χ0) is 14.8. The van der Waals surface area contributed by atoms with E-state index in [0.717, 1.165) is 24.8 Å². The lowest BCUT2D eigenvalue weighted by molar-refractivity contribution is 0.0562. The van der Waals surface area contributed by atoms with Crippen LogP contribution in [0.3, 0.4) is 0 Å². The molecule has 0 fully saturated rings. The van der Waals surface area contributed by atoms with Gasteiger partial charge in [-0.05, 0) is 42.5 Å². The zero-order valence-corrected chi connectivity index (χ0v) is 11.8. The van der Waals surface area contributed by atoms with Gasteiger partial charge in [-0.15, -0.1) is 0 Å². The summed E-state index contributed by atoms with van der Waals surface area (Å²) in [6, 6.07) is 11.0. The van der Waals surface area contributed by atoms with Gasteiger partial charge in [0.15, 0.2) is 5.76 Å². The smallest absolute Gasteiger partial charge is 0.373 e. The Kier molecular flexibility index (Phi) is 3.60. The molecule has 4 heteroatoms. The van der Waals surface area contributed by atoms with Crippen molar-refractivity contribution in [3.63, 3.8) is 0 Å². The van der Waals surface area contributed by atoms with Gasteiger partial charge in [-0.2, -0.15) is 0 Å². The van der Waals surface area contributed by atoms with Crippen molar-refractivity contribution < 1.29 is 18.7 Å². The Labute approximate surface area is 122 Å². The van der Waals surface area contributed by atoms with Crippen molar-refractivity contribution in [2.24, 2.45) is 0 Å². The number of hydrogen-bond acceptors (Lipinski definition) is 4. The molecule has 4 nitrogen and oxygen atoms in total. The minimum absolute atomic E-state index is 0.0601. The topological polar surface area (TPSA) is 56.5 Å². The molecule has 3 rings (SSSR count). The van der Waals surface area contributed by atoms with E-state index in [9.17, 15) is 9.59 Å². The third-order valence-corrected chi connectivity index (χ3v) is 3.92. The predicted octanol–water partition coefficient (Wildman–Crippen LogP) is 3.37. The standard InChI is InChI=1S/C17H16O4/c1-20-17(19)15-10-9-14(21-15)16(18)13-8-4-6-11-5-2-3-7-12(11)13/h2-3,5,7,9-10,13H,4,6,8H2,1H3. The van der Waals surface area contributed by atoms with Crippen LogP contribution in [0.1, 0.15) is 51.0 Å². The first kappa shape index (κ1) is 13.6. The Bertz CT molecular complexity index is 684. The second kappa shape index (κ2) is 5.56. The van der Waals surface area contributed by atoms with E-state index in [-0.39, 0.29) is 23.2 Å². The van der Waals surface area contributed by atoms with Crippen molar-refractivity contribution in [3.8, 4) is 0 Å². The number of carbonyl (C=O) groups is 2. The second-order valence-corrected chi connectivity index (χ2v) is 5.16. The minimum atomic E-state index is -0.571. The normalized spacial score (nSPS) is 17.1. The van der Waals surface area contributed by atoms with E-state index in [1.807, 2.05) is 18.2 Å². The van der Waals surface area contributed by atoms with Crippen LogP contribution in [0.15, 0.2) is 40.8 Å². The van der Waals surface area contributed by atoms with Crippen LogP contribution in [0.4, 0.5) is 0 Å². The van der Waals surface area contributed by atoms with Gasteiger partial charge in [0.2, 0.25) is 11.5 Å². The molecule has 0 radical (unpaired) electrons. The lowest BCUT2D eigenvalue weighted by atomic mass is 9.80. The summed E-state index contributed by atoms with van der Waals surface area (Å²) in [5, 5.41) is 0. The van der Waals surface area contributed by atoms with Crippen LogP contribution < -0.4 is 0 Å². The number of esters is 1. The molecule has 1 aliphatic carbocycles. The van der Waals surface area contributed by atoms with Crippen LogP contribution in [0.5, 0.6) is 0 Å². The van der Waals surface area contributed by atoms with Crippen molar-refractivity contribution in [1.82, 2.24) is 0 Å². The molecule has 1 aromatic carbocycles. The van der Waals surface area contributed by atoms with Crippen LogP contribution in [0, 0.1) is 0 Å². The number of hydrogen-bond donors (Lipinski definition) is 0. The molecule has 1 atom stereocenters. The number of ketones is 1. The summed E-state index contributed by atoms with van der Waals surface area (Å²) in [4.78, 5) is 24.0. The Morgan fingerprint density at radius 3 is 2.71 bits per heavy atom. The maximum Gasteiger partial charge on any atom is 0.373 e. The summed E-state index contributed by atoms with van der Waals surface area (Å²) in [6.07, 6.45) is 2.80. The number of aryl methyl sites for hydroxylation is 1. The fraction of sp³-hybridized carbons (Fsp3) is 0.294. The number of Topliss-reactive ketones (excluding diaryl/α,β-unsaturated/α-hetero) is 1. The van der Waals surface area contributed by atoms with E-state index in [0.29, 0.717) is 0 Å². The van der Waals surface area contributed by atoms with Crippen LogP contribution in [-0.4, -0.2) is 18.9 Å². The molecule has 0 spiro atoms. The Balaban J connectivity index is 1.89. The van der Waals surface area contributed by atoms with Crippen LogP contribution >= 0.6 is 0 Å². The number of furan rings is 1. The maximum atomic E-state index is 12.6. The lowest BCUT2D eigenvalue weighted by Gasteiger charge is -2.23. The molecule has 108 valence electrons. The van der Waals surface area contributed by atoms with Gasteiger partial charge in [0, 0.05) is 0 Å². The van der Waals surface area contributed by atoms with Gasteiger partial charge in [0.1, 0.15) is 0 Å². The number of fused-ring (bicyclic) bond motifs is 1. The maximum absolute atomic E-state index is 12.6. The Morgan fingerprint density at radius 1 is 1.14 bits per heavy atom. The molecule has 0 aliphatic heterocycles. The average molecular weight is 284 g/mol. The largest absolute Gasteiger partial charge is 0.463 e. The summed E-state index contributed by atoms with van der Waals surface area (Å²) in [7, 11) is 1.28. The van der Waals surface area contributed by atoms with Gasteiger partial charge in [-0.1, -0.05) is 24.3 Å². The highest BCUT2D eigenvalue weighted by Gasteiger charge is 2.29. The van der Waals surface area contributed by atoms with Gasteiger partial charge in [0.25, 0.3) is 0 Å². The molecule has 0 saturated heterocycles. The van der Waals surface area contributed by atoms with E-state index < -0.39 is 5.97 Å². The van der Waals surface area contributed by atoms with Crippen molar-refractivity contribution in [1.29, 1.82) is 0 Å². The molecule has 0 amide bonds. The van der Waals surface area contributed by atoms with E-state index in [2.05, 4.69) is 10.8 Å². The first-order valence-electron chi connectivity index (χ1n) is 7.01. The number of methoxy groups -OCH3 is 1. The van der Waals surface area contributed by atoms with E-state index in [1.54, 1.807) is 6.07 Å². The van der Waals surface area contributed by atoms with E-state index in [1.165, 1.54) is 18.7 Å². The van der Waals surface area contributed by atoms with Gasteiger partial charge in [-0.25, -0.2) is 4.79 Å². The molecule has 0 N–H and O–H groups in total. The average Bonchev–Trinajstić information content (AvgIpc) is 3.03. The van der Waals surface area contributed by atoms with Crippen molar-refractivity contribution in [2.75, 3.05) is 7.11 Å². The Morgan fingerprint density at radius 2 is 1.90 bits per heavy atom. The van der Waals surface area contributed by atoms with Crippen molar-refractivity contribution >= 4 is 11.8 Å². The quantitative estimate of drug-likeness (QED) is 0.640. The minimum Gasteiger partial charge on any atom is -0.463 e. The summed E-state index contributed by atoms with van der Waals surface area (Å²) in [5.41, 5.74) is 2.30. The third-order valence-electron chi connectivity index (χ3n) is 3.92. The monoisotopic (exact) mass is 284 g/mol. The van der Waals surface area contributed by atoms with Crippen LogP contribution in [0.25, 0.3) is 0 Å². The summed E-state index contributed by atoms with van der Waals surface area (Å²) >= 11 is 0. The molecular formula is C17H16O4. The number of rotatable bonds is 3. The van der Waals surface area contributed by atoms with Crippen LogP contribution in [-0.2, 0) is 11.2 Å². The molecule has 2 aromatic rings. The molecular weight excluding hydrogens is 268 g/mol. The highest BCUT2D eigenvalue weighted by atomic mass is 16.5. The van der Waals surface area contributed by atoms with E-state index >= 15 is 0 Å². The third kappa shape index (κ3) is 2.49. The van der Waals surface area contributed by atoms with E-state index in [4.69, 9.17) is 4.42 Å². The lowest BCUT2D eigenvalue weighted by Crippen LogP contribution is -2.18. The molecule has 1 aliphatic rings. The summed E-state index contributed by atoms with van der Waals surface area (Å²) in [5.74, 6) is -0.552. The molecule has 0 bridgehead atoms. The van der Waals surface area contributed by atoms with Gasteiger partial charge in [0.05, 0.1) is 13.0 Å². The Hall–Kier alpha value is -2.36. The first-order valence-corrected chi connectivity index (χ1v) is 7.01. The van der Waals surface area contributed by atoms with Gasteiger partial charge in [-0.3, -0.25) is 4.79 Å². The fourth-order valence-corrected chi connectivity index (χ4v) is 2.88.